The lowest BCUT2D eigenvalue weighted by atomic mass is 9.97. The number of hydrogen-bond acceptors (Lipinski definition) is 5. The van der Waals surface area contributed by atoms with Crippen LogP contribution in [0, 0.1) is 0 Å². The van der Waals surface area contributed by atoms with Crippen molar-refractivity contribution in [3.63, 3.8) is 0 Å². The Labute approximate surface area is 227 Å². The first-order valence-corrected chi connectivity index (χ1v) is 13.1. The third-order valence-electron chi connectivity index (χ3n) is 6.16. The molecule has 0 aliphatic rings. The van der Waals surface area contributed by atoms with Crippen molar-refractivity contribution in [1.29, 1.82) is 0 Å². The van der Waals surface area contributed by atoms with E-state index in [0.717, 1.165) is 12.8 Å². The van der Waals surface area contributed by atoms with E-state index in [9.17, 15) is 14.7 Å². The molecule has 0 radical (unpaired) electrons. The highest BCUT2D eigenvalue weighted by atomic mass is 16.7. The quantitative estimate of drug-likeness (QED) is 0.185. The predicted octanol–water partition coefficient (Wildman–Crippen LogP) is 8.67. The van der Waals surface area contributed by atoms with Crippen LogP contribution in [0.1, 0.15) is 94.6 Å². The van der Waals surface area contributed by atoms with Gasteiger partial charge in [-0.15, -0.1) is 0 Å². The molecular weight excluding hydrogens is 478 g/mol. The largest absolute Gasteiger partial charge is 0.514 e. The summed E-state index contributed by atoms with van der Waals surface area (Å²) < 4.78 is 10.2. The van der Waals surface area contributed by atoms with Crippen molar-refractivity contribution in [3.8, 4) is 11.5 Å². The second-order valence-electron chi connectivity index (χ2n) is 10.3. The molecule has 3 aromatic carbocycles. The van der Waals surface area contributed by atoms with E-state index >= 15 is 0 Å². The summed E-state index contributed by atoms with van der Waals surface area (Å²) in [6, 6.07) is 21.8. The van der Waals surface area contributed by atoms with E-state index in [1.165, 1.54) is 11.1 Å². The lowest BCUT2D eigenvalue weighted by Gasteiger charge is -2.18. The average Bonchev–Trinajstić information content (AvgIpc) is 2.89. The zero-order valence-corrected chi connectivity index (χ0v) is 23.6. The normalized spacial score (nSPS) is 12.4. The van der Waals surface area contributed by atoms with Crippen molar-refractivity contribution in [2.24, 2.45) is 0 Å². The third kappa shape index (κ3) is 9.92. The Morgan fingerprint density at radius 2 is 1.32 bits per heavy atom. The van der Waals surface area contributed by atoms with Crippen molar-refractivity contribution in [3.05, 3.63) is 89.5 Å². The number of anilines is 1. The van der Waals surface area contributed by atoms with Gasteiger partial charge in [0.1, 0.15) is 17.1 Å². The van der Waals surface area contributed by atoms with Gasteiger partial charge in [0.05, 0.1) is 5.69 Å². The van der Waals surface area contributed by atoms with Gasteiger partial charge in [-0.3, -0.25) is 4.79 Å². The molecule has 0 aromatic heterocycles. The summed E-state index contributed by atoms with van der Waals surface area (Å²) in [6.45, 7) is 14.0. The smallest absolute Gasteiger partial charge is 0.506 e. The van der Waals surface area contributed by atoms with Crippen LogP contribution in [0.3, 0.4) is 0 Å². The highest BCUT2D eigenvalue weighted by Crippen LogP contribution is 2.24. The first-order valence-electron chi connectivity index (χ1n) is 13.1. The lowest BCUT2D eigenvalue weighted by molar-refractivity contribution is 0.0206. The molecule has 204 valence electrons. The maximum Gasteiger partial charge on any atom is 0.514 e. The van der Waals surface area contributed by atoms with Gasteiger partial charge in [0.2, 0.25) is 0 Å². The number of phenols is 1. The number of nitrogens with one attached hydrogen (secondary N) is 1. The van der Waals surface area contributed by atoms with E-state index in [1.807, 2.05) is 36.4 Å². The fraction of sp³-hybridized carbons (Fsp3) is 0.375. The van der Waals surface area contributed by atoms with E-state index in [0.29, 0.717) is 28.8 Å². The molecule has 0 saturated carbocycles. The third-order valence-corrected chi connectivity index (χ3v) is 6.16. The highest BCUT2D eigenvalue weighted by Gasteiger charge is 2.18. The van der Waals surface area contributed by atoms with Crippen molar-refractivity contribution in [1.82, 2.24) is 0 Å². The molecule has 3 aromatic rings. The standard InChI is InChI=1S/C17H19NO2.C15H22O3/c1-3-12(2)13-8-10-14(11-9-13)17(20)18-15-6-4-5-7-16(15)19;1-6-11(2)12-7-9-13(10-8-12)17-14(16)18-15(3,4)5/h4-12,19H,3H2,1-2H3,(H,18,20);7-11H,6H2,1-5H3. The Hall–Kier alpha value is -3.80. The first-order chi connectivity index (χ1) is 17.9. The van der Waals surface area contributed by atoms with Crippen molar-refractivity contribution >= 4 is 17.7 Å². The fourth-order valence-corrected chi connectivity index (χ4v) is 3.44. The van der Waals surface area contributed by atoms with Crippen LogP contribution in [-0.2, 0) is 4.74 Å². The number of hydrogen-bond donors (Lipinski definition) is 2. The topological polar surface area (TPSA) is 84.9 Å². The molecule has 0 fully saturated rings. The average molecular weight is 520 g/mol. The molecule has 0 saturated heterocycles. The number of benzene rings is 3. The zero-order valence-electron chi connectivity index (χ0n) is 23.6. The number of ether oxygens (including phenoxy) is 2. The maximum absolute atomic E-state index is 12.1. The Morgan fingerprint density at radius 1 is 0.816 bits per heavy atom. The van der Waals surface area contributed by atoms with Crippen LogP contribution in [0.4, 0.5) is 10.5 Å². The molecule has 0 bridgehead atoms. The number of phenolic OH excluding ortho intramolecular Hbond substituents is 1. The SMILES string of the molecule is CCC(C)c1ccc(C(=O)Nc2ccccc2O)cc1.CCC(C)c1ccc(OC(=O)OC(C)(C)C)cc1. The number of para-hydroxylation sites is 2. The summed E-state index contributed by atoms with van der Waals surface area (Å²) in [5.41, 5.74) is 2.94. The second-order valence-corrected chi connectivity index (χ2v) is 10.3. The molecule has 38 heavy (non-hydrogen) atoms. The monoisotopic (exact) mass is 519 g/mol. The summed E-state index contributed by atoms with van der Waals surface area (Å²) in [6.07, 6.45) is 1.49. The van der Waals surface area contributed by atoms with Gasteiger partial charge in [0.15, 0.2) is 0 Å². The highest BCUT2D eigenvalue weighted by molar-refractivity contribution is 6.05. The number of carbonyl (C=O) groups excluding carboxylic acids is 2. The van der Waals surface area contributed by atoms with Crippen molar-refractivity contribution in [2.75, 3.05) is 5.32 Å². The zero-order chi connectivity index (χ0) is 28.3. The molecule has 0 spiro atoms. The number of carbonyl (C=O) groups is 2. The van der Waals surface area contributed by atoms with E-state index in [1.54, 1.807) is 57.2 Å². The van der Waals surface area contributed by atoms with Gasteiger partial charge >= 0.3 is 6.16 Å². The van der Waals surface area contributed by atoms with E-state index < -0.39 is 11.8 Å². The van der Waals surface area contributed by atoms with Gasteiger partial charge in [-0.1, -0.05) is 64.1 Å². The molecule has 3 rings (SSSR count). The van der Waals surface area contributed by atoms with Crippen LogP contribution in [0.25, 0.3) is 0 Å². The van der Waals surface area contributed by atoms with Gasteiger partial charge in [0, 0.05) is 5.56 Å². The van der Waals surface area contributed by atoms with Crippen LogP contribution < -0.4 is 10.1 Å². The van der Waals surface area contributed by atoms with Crippen LogP contribution >= 0.6 is 0 Å². The minimum Gasteiger partial charge on any atom is -0.506 e. The Kier molecular flexibility index (Phi) is 11.4. The van der Waals surface area contributed by atoms with Crippen molar-refractivity contribution in [2.45, 2.75) is 78.7 Å². The maximum atomic E-state index is 12.1. The molecular formula is C32H41NO5. The fourth-order valence-electron chi connectivity index (χ4n) is 3.44. The molecule has 0 aliphatic heterocycles. The van der Waals surface area contributed by atoms with Crippen LogP contribution in [-0.4, -0.2) is 22.8 Å². The Bertz CT molecular complexity index is 1160. The summed E-state index contributed by atoms with van der Waals surface area (Å²) in [5, 5.41) is 12.3. The molecule has 6 heteroatoms. The first kappa shape index (κ1) is 30.4. The van der Waals surface area contributed by atoms with Gasteiger partial charge < -0.3 is 19.9 Å². The van der Waals surface area contributed by atoms with Gasteiger partial charge in [-0.25, -0.2) is 4.79 Å². The Morgan fingerprint density at radius 3 is 1.79 bits per heavy atom. The molecule has 0 aliphatic carbocycles. The van der Waals surface area contributed by atoms with Gasteiger partial charge in [0.25, 0.3) is 5.91 Å². The lowest BCUT2D eigenvalue weighted by Crippen LogP contribution is -2.25. The molecule has 2 N–H and O–H groups in total. The van der Waals surface area contributed by atoms with Gasteiger partial charge in [-0.2, -0.15) is 0 Å². The molecule has 1 amide bonds. The van der Waals surface area contributed by atoms with E-state index in [4.69, 9.17) is 9.47 Å². The molecule has 2 atom stereocenters. The van der Waals surface area contributed by atoms with Crippen molar-refractivity contribution < 1.29 is 24.2 Å². The molecule has 0 heterocycles. The summed E-state index contributed by atoms with van der Waals surface area (Å²) in [7, 11) is 0. The number of aromatic hydroxyl groups is 1. The van der Waals surface area contributed by atoms with E-state index in [2.05, 4.69) is 33.0 Å². The van der Waals surface area contributed by atoms with Gasteiger partial charge in [-0.05, 0) is 93.0 Å². The van der Waals surface area contributed by atoms with E-state index in [-0.39, 0.29) is 11.7 Å². The van der Waals surface area contributed by atoms with Crippen LogP contribution in [0.2, 0.25) is 0 Å². The summed E-state index contributed by atoms with van der Waals surface area (Å²) in [5.74, 6) is 1.36. The molecule has 6 nitrogen and oxygen atoms in total. The second kappa shape index (κ2) is 14.2. The minimum absolute atomic E-state index is 0.0667. The Balaban J connectivity index is 0.000000269. The summed E-state index contributed by atoms with van der Waals surface area (Å²) >= 11 is 0. The minimum atomic E-state index is -0.668. The van der Waals surface area contributed by atoms with Crippen LogP contribution in [0.5, 0.6) is 11.5 Å². The number of rotatable bonds is 7. The predicted molar refractivity (Wildman–Crippen MR) is 153 cm³/mol. The number of amides is 1. The summed E-state index contributed by atoms with van der Waals surface area (Å²) in [4.78, 5) is 23.6. The van der Waals surface area contributed by atoms with Crippen LogP contribution in [0.15, 0.2) is 72.8 Å². The molecule has 2 unspecified atom stereocenters.